The lowest BCUT2D eigenvalue weighted by Gasteiger charge is -2.20. The Kier molecular flexibility index (Phi) is 4.04. The van der Waals surface area contributed by atoms with Gasteiger partial charge in [0.1, 0.15) is 11.6 Å². The summed E-state index contributed by atoms with van der Waals surface area (Å²) in [6.07, 6.45) is 0.531. The second-order valence-corrected chi connectivity index (χ2v) is 8.95. The number of nitrogens with zero attached hydrogens (tertiary/aromatic N) is 2. The van der Waals surface area contributed by atoms with Crippen LogP contribution < -0.4 is 4.31 Å². The third-order valence-electron chi connectivity index (χ3n) is 4.27. The van der Waals surface area contributed by atoms with Gasteiger partial charge in [0.25, 0.3) is 10.0 Å². The highest BCUT2D eigenvalue weighted by atomic mass is 32.2. The number of hydrogen-bond acceptors (Lipinski definition) is 4. The first-order chi connectivity index (χ1) is 12.3. The van der Waals surface area contributed by atoms with Gasteiger partial charge in [0.15, 0.2) is 0 Å². The molecule has 134 valence electrons. The van der Waals surface area contributed by atoms with E-state index in [4.69, 9.17) is 0 Å². The Bertz CT molecular complexity index is 1090. The highest BCUT2D eigenvalue weighted by Crippen LogP contribution is 2.36. The molecule has 2 aromatic carbocycles. The van der Waals surface area contributed by atoms with Gasteiger partial charge in [-0.3, -0.25) is 4.31 Å². The minimum Gasteiger partial charge on any atom is -0.266 e. The van der Waals surface area contributed by atoms with Crippen molar-refractivity contribution in [3.05, 3.63) is 64.0 Å². The van der Waals surface area contributed by atoms with Crippen molar-refractivity contribution in [2.45, 2.75) is 18.2 Å². The van der Waals surface area contributed by atoms with E-state index in [1.54, 1.807) is 17.4 Å². The molecular formula is C18H14F2N2O2S2. The molecule has 0 aliphatic carbocycles. The van der Waals surface area contributed by atoms with Crippen molar-refractivity contribution in [1.82, 2.24) is 4.98 Å². The molecule has 1 aliphatic heterocycles. The first-order valence-electron chi connectivity index (χ1n) is 7.89. The van der Waals surface area contributed by atoms with Crippen LogP contribution >= 0.6 is 11.3 Å². The Morgan fingerprint density at radius 1 is 1.12 bits per heavy atom. The monoisotopic (exact) mass is 392 g/mol. The number of aromatic nitrogens is 1. The fraction of sp³-hybridized carbons (Fsp3) is 0.167. The number of aryl methyl sites for hydroxylation is 1. The van der Waals surface area contributed by atoms with Crippen LogP contribution in [0.1, 0.15) is 10.6 Å². The number of hydrogen-bond donors (Lipinski definition) is 0. The summed E-state index contributed by atoms with van der Waals surface area (Å²) in [5.74, 6) is -1.84. The largest absolute Gasteiger partial charge is 0.266 e. The molecule has 0 spiro atoms. The van der Waals surface area contributed by atoms with E-state index in [-0.39, 0.29) is 11.4 Å². The third kappa shape index (κ3) is 2.89. The quantitative estimate of drug-likeness (QED) is 0.673. The molecule has 0 N–H and O–H groups in total. The average Bonchev–Trinajstić information content (AvgIpc) is 3.19. The third-order valence-corrected chi connectivity index (χ3v) is 6.84. The van der Waals surface area contributed by atoms with Crippen LogP contribution in [0, 0.1) is 18.6 Å². The Balaban J connectivity index is 1.73. The highest BCUT2D eigenvalue weighted by Gasteiger charge is 2.31. The first-order valence-corrected chi connectivity index (χ1v) is 10.2. The lowest BCUT2D eigenvalue weighted by molar-refractivity contribution is 0.566. The predicted octanol–water partition coefficient (Wildman–Crippen LogP) is 4.15. The molecule has 0 atom stereocenters. The molecule has 4 nitrogen and oxygen atoms in total. The number of thiazole rings is 1. The summed E-state index contributed by atoms with van der Waals surface area (Å²) >= 11 is 1.55. The zero-order valence-electron chi connectivity index (χ0n) is 13.7. The SMILES string of the molecule is Cc1nc(-c2ccc3c(c2)CCN3S(=O)(=O)c2cc(F)cc(F)c2)cs1. The molecule has 26 heavy (non-hydrogen) atoms. The fourth-order valence-corrected chi connectivity index (χ4v) is 5.25. The molecule has 0 radical (unpaired) electrons. The van der Waals surface area contributed by atoms with Gasteiger partial charge in [-0.15, -0.1) is 11.3 Å². The lowest BCUT2D eigenvalue weighted by atomic mass is 10.1. The molecule has 4 rings (SSSR count). The van der Waals surface area contributed by atoms with Crippen molar-refractivity contribution >= 4 is 27.0 Å². The molecule has 0 fully saturated rings. The summed E-state index contributed by atoms with van der Waals surface area (Å²) in [5.41, 5.74) is 3.17. The van der Waals surface area contributed by atoms with Crippen LogP contribution in [0.4, 0.5) is 14.5 Å². The Labute approximate surface area is 153 Å². The molecular weight excluding hydrogens is 378 g/mol. The molecule has 3 aromatic rings. The van der Waals surface area contributed by atoms with Crippen molar-refractivity contribution in [2.75, 3.05) is 10.8 Å². The van der Waals surface area contributed by atoms with Gasteiger partial charge >= 0.3 is 0 Å². The van der Waals surface area contributed by atoms with Crippen LogP contribution in [0.15, 0.2) is 46.7 Å². The van der Waals surface area contributed by atoms with Crippen LogP contribution in [-0.2, 0) is 16.4 Å². The number of fused-ring (bicyclic) bond motifs is 1. The molecule has 1 aliphatic rings. The average molecular weight is 392 g/mol. The first kappa shape index (κ1) is 17.1. The number of rotatable bonds is 3. The van der Waals surface area contributed by atoms with Crippen LogP contribution in [-0.4, -0.2) is 19.9 Å². The van der Waals surface area contributed by atoms with Crippen LogP contribution in [0.5, 0.6) is 0 Å². The molecule has 1 aromatic heterocycles. The molecule has 8 heteroatoms. The number of halogens is 2. The second-order valence-electron chi connectivity index (χ2n) is 6.03. The minimum absolute atomic E-state index is 0.231. The van der Waals surface area contributed by atoms with Gasteiger partial charge in [-0.2, -0.15) is 0 Å². The normalized spacial score (nSPS) is 13.9. The zero-order valence-corrected chi connectivity index (χ0v) is 15.4. The Hall–Kier alpha value is -2.32. The molecule has 0 saturated heterocycles. The fourth-order valence-electron chi connectivity index (χ4n) is 3.08. The molecule has 2 heterocycles. The van der Waals surface area contributed by atoms with E-state index in [0.29, 0.717) is 18.2 Å². The van der Waals surface area contributed by atoms with Gasteiger partial charge in [0.2, 0.25) is 0 Å². The van der Waals surface area contributed by atoms with E-state index in [0.717, 1.165) is 34.0 Å². The van der Waals surface area contributed by atoms with Gasteiger partial charge in [-0.1, -0.05) is 6.07 Å². The molecule has 0 unspecified atom stereocenters. The van der Waals surface area contributed by atoms with Crippen molar-refractivity contribution < 1.29 is 17.2 Å². The van der Waals surface area contributed by atoms with E-state index in [1.807, 2.05) is 24.4 Å². The van der Waals surface area contributed by atoms with E-state index < -0.39 is 21.7 Å². The second kappa shape index (κ2) is 6.14. The van der Waals surface area contributed by atoms with Crippen LogP contribution in [0.25, 0.3) is 11.3 Å². The van der Waals surface area contributed by atoms with Gasteiger partial charge in [-0.25, -0.2) is 22.2 Å². The topological polar surface area (TPSA) is 50.3 Å². The lowest BCUT2D eigenvalue weighted by Crippen LogP contribution is -2.29. The molecule has 0 amide bonds. The Morgan fingerprint density at radius 2 is 1.85 bits per heavy atom. The van der Waals surface area contributed by atoms with Gasteiger partial charge in [-0.05, 0) is 43.2 Å². The zero-order chi connectivity index (χ0) is 18.5. The minimum atomic E-state index is -4.03. The van der Waals surface area contributed by atoms with Crippen LogP contribution in [0.2, 0.25) is 0 Å². The Morgan fingerprint density at radius 3 is 2.50 bits per heavy atom. The van der Waals surface area contributed by atoms with E-state index in [9.17, 15) is 17.2 Å². The smallest absolute Gasteiger partial charge is 0.264 e. The van der Waals surface area contributed by atoms with Crippen molar-refractivity contribution in [3.8, 4) is 11.3 Å². The van der Waals surface area contributed by atoms with E-state index in [1.165, 1.54) is 4.31 Å². The van der Waals surface area contributed by atoms with Crippen molar-refractivity contribution in [1.29, 1.82) is 0 Å². The highest BCUT2D eigenvalue weighted by molar-refractivity contribution is 7.92. The standard InChI is InChI=1S/C18H14F2N2O2S2/c1-11-21-17(10-25-11)12-2-3-18-13(6-12)4-5-22(18)26(23,24)16-8-14(19)7-15(20)9-16/h2-3,6-10H,4-5H2,1H3. The maximum Gasteiger partial charge on any atom is 0.264 e. The van der Waals surface area contributed by atoms with E-state index in [2.05, 4.69) is 4.98 Å². The van der Waals surface area contributed by atoms with Gasteiger partial charge in [0.05, 0.1) is 21.3 Å². The van der Waals surface area contributed by atoms with Crippen LogP contribution in [0.3, 0.4) is 0 Å². The summed E-state index contributed by atoms with van der Waals surface area (Å²) in [7, 11) is -4.03. The van der Waals surface area contributed by atoms with E-state index >= 15 is 0 Å². The number of benzene rings is 2. The number of anilines is 1. The maximum atomic E-state index is 13.5. The predicted molar refractivity (Wildman–Crippen MR) is 96.9 cm³/mol. The summed E-state index contributed by atoms with van der Waals surface area (Å²) in [4.78, 5) is 4.06. The van der Waals surface area contributed by atoms with Gasteiger partial charge in [0, 0.05) is 23.6 Å². The number of sulfonamides is 1. The molecule has 0 bridgehead atoms. The summed E-state index contributed by atoms with van der Waals surface area (Å²) in [5, 5.41) is 2.91. The maximum absolute atomic E-state index is 13.5. The summed E-state index contributed by atoms with van der Waals surface area (Å²) < 4.78 is 53.8. The summed E-state index contributed by atoms with van der Waals surface area (Å²) in [6, 6.07) is 7.78. The summed E-state index contributed by atoms with van der Waals surface area (Å²) in [6.45, 7) is 2.16. The van der Waals surface area contributed by atoms with Gasteiger partial charge < -0.3 is 0 Å². The van der Waals surface area contributed by atoms with Crippen molar-refractivity contribution in [3.63, 3.8) is 0 Å². The van der Waals surface area contributed by atoms with Crippen molar-refractivity contribution in [2.24, 2.45) is 0 Å². The molecule has 0 saturated carbocycles.